The van der Waals surface area contributed by atoms with Crippen LogP contribution in [-0.4, -0.2) is 51.4 Å². The predicted octanol–water partition coefficient (Wildman–Crippen LogP) is -1.99. The van der Waals surface area contributed by atoms with Crippen molar-refractivity contribution in [2.75, 3.05) is 19.2 Å². The number of thiol groups is 1. The smallest absolute Gasteiger partial charge is 0.255 e. The molecular formula is C5H11NO4S. The summed E-state index contributed by atoms with van der Waals surface area (Å²) < 4.78 is 0. The summed E-state index contributed by atoms with van der Waals surface area (Å²) in [6, 6.07) is 0. The normalized spacial score (nSPS) is 12.7. The van der Waals surface area contributed by atoms with Crippen molar-refractivity contribution in [3.05, 3.63) is 0 Å². The summed E-state index contributed by atoms with van der Waals surface area (Å²) in [6.45, 7) is -1.22. The van der Waals surface area contributed by atoms with E-state index >= 15 is 0 Å². The van der Waals surface area contributed by atoms with Gasteiger partial charge in [0, 0.05) is 5.75 Å². The molecule has 5 nitrogen and oxygen atoms in total. The number of carbonyl (C=O) groups is 1. The van der Waals surface area contributed by atoms with Crippen LogP contribution in [-0.2, 0) is 4.79 Å². The van der Waals surface area contributed by atoms with Crippen LogP contribution in [0.2, 0.25) is 0 Å². The molecule has 6 heteroatoms. The number of hydrogen-bond acceptors (Lipinski definition) is 5. The molecule has 0 aromatic carbocycles. The number of aliphatic hydroxyl groups is 3. The number of rotatable bonds is 4. The van der Waals surface area contributed by atoms with Crippen molar-refractivity contribution in [3.8, 4) is 0 Å². The fourth-order valence-corrected chi connectivity index (χ4v) is 0.629. The SMILES string of the molecule is O=C(C(O)CS)N(CO)CO. The van der Waals surface area contributed by atoms with E-state index in [1.807, 2.05) is 0 Å². The molecule has 0 aliphatic carbocycles. The number of amides is 1. The zero-order valence-corrected chi connectivity index (χ0v) is 6.74. The Bertz CT molecular complexity index is 128. The van der Waals surface area contributed by atoms with Gasteiger partial charge in [0.05, 0.1) is 0 Å². The molecule has 0 saturated carbocycles. The first-order valence-corrected chi connectivity index (χ1v) is 3.60. The van der Waals surface area contributed by atoms with Crippen LogP contribution in [0, 0.1) is 0 Å². The summed E-state index contributed by atoms with van der Waals surface area (Å²) in [6.07, 6.45) is -1.27. The maximum absolute atomic E-state index is 10.8. The van der Waals surface area contributed by atoms with E-state index < -0.39 is 25.5 Å². The van der Waals surface area contributed by atoms with Crippen LogP contribution in [0.15, 0.2) is 0 Å². The van der Waals surface area contributed by atoms with Gasteiger partial charge in [-0.05, 0) is 0 Å². The maximum atomic E-state index is 10.8. The Morgan fingerprint density at radius 1 is 1.45 bits per heavy atom. The molecule has 0 fully saturated rings. The van der Waals surface area contributed by atoms with Gasteiger partial charge in [0.25, 0.3) is 5.91 Å². The number of carbonyl (C=O) groups excluding carboxylic acids is 1. The number of nitrogens with zero attached hydrogens (tertiary/aromatic N) is 1. The average molecular weight is 181 g/mol. The van der Waals surface area contributed by atoms with Gasteiger partial charge in [-0.2, -0.15) is 12.6 Å². The van der Waals surface area contributed by atoms with Gasteiger partial charge in [0.2, 0.25) is 0 Å². The molecule has 11 heavy (non-hydrogen) atoms. The van der Waals surface area contributed by atoms with Crippen LogP contribution in [0.25, 0.3) is 0 Å². The van der Waals surface area contributed by atoms with E-state index in [2.05, 4.69) is 12.6 Å². The standard InChI is InChI=1S/C5H11NO4S/c7-2-6(3-8)5(10)4(9)1-11/h4,7-9,11H,1-3H2. The molecule has 0 rings (SSSR count). The third-order valence-corrected chi connectivity index (χ3v) is 1.46. The zero-order chi connectivity index (χ0) is 8.85. The van der Waals surface area contributed by atoms with E-state index in [-0.39, 0.29) is 5.75 Å². The third-order valence-electron chi connectivity index (χ3n) is 1.11. The van der Waals surface area contributed by atoms with Crippen LogP contribution >= 0.6 is 12.6 Å². The van der Waals surface area contributed by atoms with E-state index in [0.29, 0.717) is 4.90 Å². The summed E-state index contributed by atoms with van der Waals surface area (Å²) in [5.41, 5.74) is 0. The largest absolute Gasteiger partial charge is 0.382 e. The predicted molar refractivity (Wildman–Crippen MR) is 40.9 cm³/mol. The Labute approximate surface area is 69.7 Å². The van der Waals surface area contributed by atoms with E-state index in [0.717, 1.165) is 0 Å². The highest BCUT2D eigenvalue weighted by Gasteiger charge is 2.18. The van der Waals surface area contributed by atoms with Crippen molar-refractivity contribution in [2.45, 2.75) is 6.10 Å². The molecular weight excluding hydrogens is 170 g/mol. The van der Waals surface area contributed by atoms with Crippen LogP contribution in [0.4, 0.5) is 0 Å². The van der Waals surface area contributed by atoms with Crippen molar-refractivity contribution in [2.24, 2.45) is 0 Å². The first-order chi connectivity index (χ1) is 5.17. The van der Waals surface area contributed by atoms with Crippen molar-refractivity contribution in [1.82, 2.24) is 4.90 Å². The van der Waals surface area contributed by atoms with Crippen LogP contribution in [0.5, 0.6) is 0 Å². The minimum atomic E-state index is -1.27. The lowest BCUT2D eigenvalue weighted by molar-refractivity contribution is -0.147. The van der Waals surface area contributed by atoms with Gasteiger partial charge in [-0.1, -0.05) is 0 Å². The first kappa shape index (κ1) is 10.7. The Balaban J connectivity index is 3.97. The van der Waals surface area contributed by atoms with E-state index in [4.69, 9.17) is 15.3 Å². The van der Waals surface area contributed by atoms with E-state index in [1.165, 1.54) is 0 Å². The van der Waals surface area contributed by atoms with Crippen LogP contribution < -0.4 is 0 Å². The monoisotopic (exact) mass is 181 g/mol. The Kier molecular flexibility index (Phi) is 5.22. The topological polar surface area (TPSA) is 81.0 Å². The molecule has 0 aromatic rings. The summed E-state index contributed by atoms with van der Waals surface area (Å²) in [5.74, 6) is -0.764. The van der Waals surface area contributed by atoms with Gasteiger partial charge >= 0.3 is 0 Å². The second kappa shape index (κ2) is 5.36. The second-order valence-electron chi connectivity index (χ2n) is 1.86. The van der Waals surface area contributed by atoms with Gasteiger partial charge in [-0.15, -0.1) is 0 Å². The molecule has 0 bridgehead atoms. The minimum Gasteiger partial charge on any atom is -0.382 e. The molecule has 0 aliphatic rings. The Morgan fingerprint density at radius 2 is 1.91 bits per heavy atom. The molecule has 0 spiro atoms. The Morgan fingerprint density at radius 3 is 2.18 bits per heavy atom. The molecule has 0 aliphatic heterocycles. The highest BCUT2D eigenvalue weighted by Crippen LogP contribution is 1.94. The maximum Gasteiger partial charge on any atom is 0.255 e. The summed E-state index contributed by atoms with van der Waals surface area (Å²) in [5, 5.41) is 25.8. The highest BCUT2D eigenvalue weighted by atomic mass is 32.1. The molecule has 1 unspecified atom stereocenters. The average Bonchev–Trinajstić information content (AvgIpc) is 2.05. The first-order valence-electron chi connectivity index (χ1n) is 2.96. The fraction of sp³-hybridized carbons (Fsp3) is 0.800. The Hall–Kier alpha value is -0.300. The molecule has 1 atom stereocenters. The van der Waals surface area contributed by atoms with Crippen LogP contribution in [0.3, 0.4) is 0 Å². The highest BCUT2D eigenvalue weighted by molar-refractivity contribution is 7.80. The fourth-order valence-electron chi connectivity index (χ4n) is 0.473. The van der Waals surface area contributed by atoms with Gasteiger partial charge in [0.15, 0.2) is 0 Å². The third kappa shape index (κ3) is 3.06. The molecule has 0 radical (unpaired) electrons. The second-order valence-corrected chi connectivity index (χ2v) is 2.22. The molecule has 1 amide bonds. The van der Waals surface area contributed by atoms with Gasteiger partial charge in [-0.25, -0.2) is 0 Å². The van der Waals surface area contributed by atoms with E-state index in [9.17, 15) is 4.79 Å². The zero-order valence-electron chi connectivity index (χ0n) is 5.84. The summed E-state index contributed by atoms with van der Waals surface area (Å²) in [4.78, 5) is 11.5. The van der Waals surface area contributed by atoms with Gasteiger partial charge in [-0.3, -0.25) is 9.69 Å². The number of aliphatic hydroxyl groups excluding tert-OH is 3. The molecule has 0 heterocycles. The van der Waals surface area contributed by atoms with Crippen molar-refractivity contribution >= 4 is 18.5 Å². The summed E-state index contributed by atoms with van der Waals surface area (Å²) >= 11 is 3.67. The van der Waals surface area contributed by atoms with Gasteiger partial charge < -0.3 is 15.3 Å². The minimum absolute atomic E-state index is 0.0324. The lowest BCUT2D eigenvalue weighted by Gasteiger charge is -2.18. The van der Waals surface area contributed by atoms with E-state index in [1.54, 1.807) is 0 Å². The van der Waals surface area contributed by atoms with Gasteiger partial charge in [0.1, 0.15) is 19.6 Å². The summed E-state index contributed by atoms with van der Waals surface area (Å²) in [7, 11) is 0. The lowest BCUT2D eigenvalue weighted by Crippen LogP contribution is -2.41. The van der Waals surface area contributed by atoms with Crippen molar-refractivity contribution in [3.63, 3.8) is 0 Å². The lowest BCUT2D eigenvalue weighted by atomic mass is 10.3. The quantitative estimate of drug-likeness (QED) is 0.299. The molecule has 66 valence electrons. The van der Waals surface area contributed by atoms with Crippen molar-refractivity contribution in [1.29, 1.82) is 0 Å². The molecule has 0 saturated heterocycles. The molecule has 3 N–H and O–H groups in total. The van der Waals surface area contributed by atoms with Crippen LogP contribution in [0.1, 0.15) is 0 Å². The molecule has 0 aromatic heterocycles. The number of hydrogen-bond donors (Lipinski definition) is 4. The van der Waals surface area contributed by atoms with Crippen molar-refractivity contribution < 1.29 is 20.1 Å².